The number of allylic oxidation sites excluding steroid dienone is 3. The lowest BCUT2D eigenvalue weighted by Crippen LogP contribution is -2.50. The molecule has 168 valence electrons. The quantitative estimate of drug-likeness (QED) is 0.321. The highest BCUT2D eigenvalue weighted by Gasteiger charge is 2.57. The second-order valence-electron chi connectivity index (χ2n) is 10.4. The Morgan fingerprint density at radius 3 is 2.65 bits per heavy atom. The van der Waals surface area contributed by atoms with E-state index >= 15 is 0 Å². The number of aromatic nitrogens is 1. The first-order valence-electron chi connectivity index (χ1n) is 11.4. The van der Waals surface area contributed by atoms with Crippen LogP contribution in [0.4, 0.5) is 0 Å². The van der Waals surface area contributed by atoms with Crippen molar-refractivity contribution in [3.63, 3.8) is 0 Å². The van der Waals surface area contributed by atoms with Gasteiger partial charge in [0, 0.05) is 11.6 Å². The van der Waals surface area contributed by atoms with Crippen LogP contribution in [-0.2, 0) is 14.6 Å². The highest BCUT2D eigenvalue weighted by atomic mass is 32.3. The van der Waals surface area contributed by atoms with E-state index in [9.17, 15) is 13.6 Å². The van der Waals surface area contributed by atoms with Gasteiger partial charge in [0.25, 0.3) is 0 Å². The molecule has 0 aromatic carbocycles. The van der Waals surface area contributed by atoms with Gasteiger partial charge in [0.1, 0.15) is 0 Å². The van der Waals surface area contributed by atoms with Crippen molar-refractivity contribution < 1.29 is 21.9 Å². The molecule has 0 aliphatic heterocycles. The fourth-order valence-corrected chi connectivity index (χ4v) is 8.02. The average molecular weight is 446 g/mol. The number of hydrogen-bond donors (Lipinski definition) is 1. The molecule has 2 saturated carbocycles. The molecular weight excluding hydrogens is 414 g/mol. The Kier molecular flexibility index (Phi) is 4.88. The summed E-state index contributed by atoms with van der Waals surface area (Å²) < 4.78 is 37.3. The van der Waals surface area contributed by atoms with Crippen molar-refractivity contribution in [1.82, 2.24) is 0 Å². The molecule has 0 saturated heterocycles. The first-order chi connectivity index (χ1) is 14.6. The Hall–Kier alpha value is -1.70. The van der Waals surface area contributed by atoms with Gasteiger partial charge in [-0.25, -0.2) is 4.18 Å². The van der Waals surface area contributed by atoms with E-state index in [1.807, 2.05) is 6.07 Å². The SMILES string of the molecule is C[C@]12CC[C@@H](OS(=O)(=O)O)CC1=CC[C@@H]1[C@@H]2CC[C@]2(C)C(c3ccc[n+]([O-])c3)=CC[C@@H]12. The smallest absolute Gasteiger partial charge is 0.397 e. The maximum atomic E-state index is 11.9. The molecule has 0 radical (unpaired) electrons. The molecule has 6 nitrogen and oxygen atoms in total. The van der Waals surface area contributed by atoms with Crippen molar-refractivity contribution in [1.29, 1.82) is 0 Å². The van der Waals surface area contributed by atoms with E-state index in [-0.39, 0.29) is 10.8 Å². The van der Waals surface area contributed by atoms with Crippen LogP contribution in [-0.4, -0.2) is 19.1 Å². The maximum Gasteiger partial charge on any atom is 0.397 e. The van der Waals surface area contributed by atoms with Gasteiger partial charge in [0.05, 0.1) is 6.10 Å². The van der Waals surface area contributed by atoms with Crippen LogP contribution in [0.25, 0.3) is 5.57 Å². The number of fused-ring (bicyclic) bond motifs is 5. The van der Waals surface area contributed by atoms with Crippen molar-refractivity contribution in [3.8, 4) is 0 Å². The molecule has 5 rings (SSSR count). The Labute approximate surface area is 184 Å². The third-order valence-corrected chi connectivity index (χ3v) is 9.50. The Morgan fingerprint density at radius 1 is 1.13 bits per heavy atom. The van der Waals surface area contributed by atoms with E-state index < -0.39 is 16.5 Å². The van der Waals surface area contributed by atoms with E-state index in [2.05, 4.69) is 32.1 Å². The predicted octanol–water partition coefficient (Wildman–Crippen LogP) is 4.46. The summed E-state index contributed by atoms with van der Waals surface area (Å²) in [6.07, 6.45) is 13.9. The first kappa shape index (κ1) is 21.2. The van der Waals surface area contributed by atoms with Crippen molar-refractivity contribution in [2.45, 2.75) is 64.9 Å². The van der Waals surface area contributed by atoms with Crippen molar-refractivity contribution >= 4 is 16.0 Å². The van der Waals surface area contributed by atoms with Gasteiger partial charge in [-0.15, -0.1) is 0 Å². The molecule has 4 aliphatic rings. The van der Waals surface area contributed by atoms with Crippen LogP contribution >= 0.6 is 0 Å². The van der Waals surface area contributed by atoms with E-state index in [4.69, 9.17) is 8.74 Å². The molecule has 0 bridgehead atoms. The van der Waals surface area contributed by atoms with Gasteiger partial charge >= 0.3 is 10.4 Å². The average Bonchev–Trinajstić information content (AvgIpc) is 3.04. The fourth-order valence-electron chi connectivity index (χ4n) is 7.51. The van der Waals surface area contributed by atoms with Gasteiger partial charge in [-0.2, -0.15) is 13.1 Å². The second kappa shape index (κ2) is 7.15. The Balaban J connectivity index is 1.40. The largest absolute Gasteiger partial charge is 0.619 e. The number of rotatable bonds is 3. The minimum Gasteiger partial charge on any atom is -0.619 e. The zero-order valence-electron chi connectivity index (χ0n) is 18.2. The summed E-state index contributed by atoms with van der Waals surface area (Å²) in [5, 5.41) is 11.9. The summed E-state index contributed by atoms with van der Waals surface area (Å²) in [6.45, 7) is 4.73. The highest BCUT2D eigenvalue weighted by molar-refractivity contribution is 7.80. The lowest BCUT2D eigenvalue weighted by Gasteiger charge is -2.57. The molecular formula is C24H31NO5S. The van der Waals surface area contributed by atoms with Gasteiger partial charge in [0.2, 0.25) is 0 Å². The van der Waals surface area contributed by atoms with Crippen molar-refractivity contribution in [3.05, 3.63) is 53.0 Å². The molecule has 7 heteroatoms. The van der Waals surface area contributed by atoms with Crippen LogP contribution in [0.2, 0.25) is 0 Å². The highest BCUT2D eigenvalue weighted by Crippen LogP contribution is 2.66. The molecule has 1 N–H and O–H groups in total. The summed E-state index contributed by atoms with van der Waals surface area (Å²) in [5.41, 5.74) is 3.83. The number of nitrogens with zero attached hydrogens (tertiary/aromatic N) is 1. The van der Waals surface area contributed by atoms with E-state index in [0.717, 1.165) is 42.4 Å². The number of hydrogen-bond acceptors (Lipinski definition) is 4. The summed E-state index contributed by atoms with van der Waals surface area (Å²) in [5.74, 6) is 1.72. The van der Waals surface area contributed by atoms with E-state index in [1.54, 1.807) is 6.20 Å². The monoisotopic (exact) mass is 445 g/mol. The lowest BCUT2D eigenvalue weighted by molar-refractivity contribution is -0.605. The van der Waals surface area contributed by atoms with Crippen LogP contribution in [0.15, 0.2) is 42.3 Å². The lowest BCUT2D eigenvalue weighted by atomic mass is 9.47. The fraction of sp³-hybridized carbons (Fsp3) is 0.625. The topological polar surface area (TPSA) is 90.5 Å². The summed E-state index contributed by atoms with van der Waals surface area (Å²) in [6, 6.07) is 3.88. The van der Waals surface area contributed by atoms with Crippen LogP contribution < -0.4 is 4.73 Å². The van der Waals surface area contributed by atoms with Crippen LogP contribution in [0, 0.1) is 33.8 Å². The molecule has 0 unspecified atom stereocenters. The Morgan fingerprint density at radius 2 is 1.90 bits per heavy atom. The van der Waals surface area contributed by atoms with Gasteiger partial charge in [-0.05, 0) is 85.2 Å². The summed E-state index contributed by atoms with van der Waals surface area (Å²) in [4.78, 5) is 0. The molecule has 1 aromatic rings. The molecule has 6 atom stereocenters. The minimum absolute atomic E-state index is 0.0663. The molecule has 1 heterocycles. The third-order valence-electron chi connectivity index (χ3n) is 8.98. The van der Waals surface area contributed by atoms with Crippen LogP contribution in [0.1, 0.15) is 64.4 Å². The van der Waals surface area contributed by atoms with E-state index in [0.29, 0.717) is 30.6 Å². The van der Waals surface area contributed by atoms with E-state index in [1.165, 1.54) is 17.3 Å². The molecule has 2 fully saturated rings. The maximum absolute atomic E-state index is 11.9. The third kappa shape index (κ3) is 3.45. The van der Waals surface area contributed by atoms with Gasteiger partial charge < -0.3 is 5.21 Å². The van der Waals surface area contributed by atoms with Crippen LogP contribution in [0.3, 0.4) is 0 Å². The molecule has 0 amide bonds. The summed E-state index contributed by atoms with van der Waals surface area (Å²) >= 11 is 0. The molecule has 0 spiro atoms. The van der Waals surface area contributed by atoms with Crippen molar-refractivity contribution in [2.75, 3.05) is 0 Å². The minimum atomic E-state index is -4.42. The zero-order valence-corrected chi connectivity index (χ0v) is 19.0. The molecule has 4 aliphatic carbocycles. The van der Waals surface area contributed by atoms with Gasteiger partial charge in [-0.3, -0.25) is 4.55 Å². The predicted molar refractivity (Wildman–Crippen MR) is 117 cm³/mol. The second-order valence-corrected chi connectivity index (χ2v) is 11.5. The zero-order chi connectivity index (χ0) is 22.0. The normalized spacial score (nSPS) is 39.7. The molecule has 31 heavy (non-hydrogen) atoms. The first-order valence-corrected chi connectivity index (χ1v) is 12.7. The van der Waals surface area contributed by atoms with Crippen LogP contribution in [0.5, 0.6) is 0 Å². The van der Waals surface area contributed by atoms with Gasteiger partial charge in [0.15, 0.2) is 12.4 Å². The standard InChI is InChI=1S/C24H31NO5S/c1-23-11-9-18(30-31(27,28)29)14-17(23)5-6-19-21-8-7-20(16-4-3-13-25(26)15-16)24(21,2)12-10-22(19)23/h3-5,7,13,15,18-19,21-22H,6,8-12,14H2,1-2H3,(H,27,28,29)/t18-,19+,21+,22+,23+,24-/m1/s1. The molecule has 1 aromatic heterocycles. The van der Waals surface area contributed by atoms with Gasteiger partial charge in [-0.1, -0.05) is 31.6 Å². The number of pyridine rings is 1. The summed E-state index contributed by atoms with van der Waals surface area (Å²) in [7, 11) is -4.42. The van der Waals surface area contributed by atoms with Crippen molar-refractivity contribution in [2.24, 2.45) is 28.6 Å². The Bertz CT molecular complexity index is 1060.